The van der Waals surface area contributed by atoms with Gasteiger partial charge in [-0.1, -0.05) is 6.07 Å². The molecular weight excluding hydrogens is 230 g/mol. The van der Waals surface area contributed by atoms with Gasteiger partial charge in [0.15, 0.2) is 0 Å². The van der Waals surface area contributed by atoms with Gasteiger partial charge in [-0.2, -0.15) is 0 Å². The van der Waals surface area contributed by atoms with Gasteiger partial charge in [0.05, 0.1) is 11.5 Å². The lowest BCUT2D eigenvalue weighted by Gasteiger charge is -2.06. The summed E-state index contributed by atoms with van der Waals surface area (Å²) in [5, 5.41) is 0. The van der Waals surface area contributed by atoms with E-state index in [-0.39, 0.29) is 11.0 Å². The average molecular weight is 243 g/mol. The Morgan fingerprint density at radius 3 is 2.94 bits per heavy atom. The Hall–Kier alpha value is -1.11. The number of hydrogen-bond acceptors (Lipinski definition) is 4. The zero-order valence-electron chi connectivity index (χ0n) is 8.84. The summed E-state index contributed by atoms with van der Waals surface area (Å²) < 4.78 is 35.7. The molecule has 1 aliphatic rings. The molecule has 6 heteroatoms. The highest BCUT2D eigenvalue weighted by atomic mass is 32.2. The summed E-state index contributed by atoms with van der Waals surface area (Å²) in [7, 11) is -2.03. The number of rotatable bonds is 5. The zero-order chi connectivity index (χ0) is 11.6. The minimum absolute atomic E-state index is 0.157. The van der Waals surface area contributed by atoms with E-state index in [1.165, 1.54) is 19.2 Å². The fourth-order valence-electron chi connectivity index (χ4n) is 1.20. The molecule has 0 aromatic heterocycles. The number of benzene rings is 1. The van der Waals surface area contributed by atoms with Crippen LogP contribution in [0.3, 0.4) is 0 Å². The standard InChI is InChI=1S/C10H13NO4S/c1-11-16(12,13)10-4-2-3-8(5-10)14-6-9-7-15-9/h2-5,9,11H,6-7H2,1H3/t9-/m1/s1. The molecule has 5 nitrogen and oxygen atoms in total. The van der Waals surface area contributed by atoms with Crippen LogP contribution in [-0.4, -0.2) is 34.8 Å². The summed E-state index contributed by atoms with van der Waals surface area (Å²) in [6.07, 6.45) is 0.157. The molecule has 1 aromatic carbocycles. The Labute approximate surface area is 94.4 Å². The van der Waals surface area contributed by atoms with Crippen LogP contribution >= 0.6 is 0 Å². The summed E-state index contributed by atoms with van der Waals surface area (Å²) in [5.41, 5.74) is 0. The lowest BCUT2D eigenvalue weighted by Crippen LogP contribution is -2.18. The van der Waals surface area contributed by atoms with Gasteiger partial charge in [0.25, 0.3) is 0 Å². The van der Waals surface area contributed by atoms with Gasteiger partial charge in [0, 0.05) is 6.07 Å². The number of hydrogen-bond donors (Lipinski definition) is 1. The third-order valence-electron chi connectivity index (χ3n) is 2.22. The molecule has 0 aliphatic carbocycles. The maximum atomic E-state index is 11.5. The van der Waals surface area contributed by atoms with Crippen LogP contribution in [0.15, 0.2) is 29.2 Å². The van der Waals surface area contributed by atoms with E-state index in [9.17, 15) is 8.42 Å². The van der Waals surface area contributed by atoms with E-state index in [4.69, 9.17) is 9.47 Å². The van der Waals surface area contributed by atoms with E-state index in [2.05, 4.69) is 4.72 Å². The Morgan fingerprint density at radius 2 is 2.31 bits per heavy atom. The van der Waals surface area contributed by atoms with Crippen LogP contribution < -0.4 is 9.46 Å². The van der Waals surface area contributed by atoms with Crippen LogP contribution in [0.1, 0.15) is 0 Å². The highest BCUT2D eigenvalue weighted by molar-refractivity contribution is 7.89. The summed E-state index contributed by atoms with van der Waals surface area (Å²) in [6.45, 7) is 1.18. The molecule has 1 heterocycles. The van der Waals surface area contributed by atoms with Crippen LogP contribution in [0.25, 0.3) is 0 Å². The van der Waals surface area contributed by atoms with E-state index >= 15 is 0 Å². The van der Waals surface area contributed by atoms with Gasteiger partial charge >= 0.3 is 0 Å². The first-order valence-corrected chi connectivity index (χ1v) is 6.38. The SMILES string of the molecule is CNS(=O)(=O)c1cccc(OC[C@@H]2CO2)c1. The van der Waals surface area contributed by atoms with Crippen molar-refractivity contribution in [2.24, 2.45) is 0 Å². The van der Waals surface area contributed by atoms with Gasteiger partial charge in [-0.15, -0.1) is 0 Å². The molecule has 0 spiro atoms. The van der Waals surface area contributed by atoms with E-state index in [0.717, 1.165) is 0 Å². The Kier molecular flexibility index (Phi) is 3.13. The Balaban J connectivity index is 2.12. The van der Waals surface area contributed by atoms with Crippen molar-refractivity contribution in [1.29, 1.82) is 0 Å². The fraction of sp³-hybridized carbons (Fsp3) is 0.400. The summed E-state index contributed by atoms with van der Waals surface area (Å²) in [6, 6.07) is 6.38. The van der Waals surface area contributed by atoms with E-state index in [1.54, 1.807) is 12.1 Å². The van der Waals surface area contributed by atoms with Crippen molar-refractivity contribution >= 4 is 10.0 Å². The molecule has 0 unspecified atom stereocenters. The molecule has 1 N–H and O–H groups in total. The molecule has 2 rings (SSSR count). The quantitative estimate of drug-likeness (QED) is 0.759. The van der Waals surface area contributed by atoms with Crippen molar-refractivity contribution < 1.29 is 17.9 Å². The topological polar surface area (TPSA) is 67.9 Å². The second kappa shape index (κ2) is 4.40. The fourth-order valence-corrected chi connectivity index (χ4v) is 1.97. The van der Waals surface area contributed by atoms with Crippen LogP contribution in [0.2, 0.25) is 0 Å². The lowest BCUT2D eigenvalue weighted by atomic mass is 10.3. The molecule has 88 valence electrons. The number of epoxide rings is 1. The number of nitrogens with one attached hydrogen (secondary N) is 1. The third-order valence-corrected chi connectivity index (χ3v) is 3.63. The second-order valence-electron chi connectivity index (χ2n) is 3.45. The molecule has 1 saturated heterocycles. The van der Waals surface area contributed by atoms with Crippen molar-refractivity contribution in [2.45, 2.75) is 11.0 Å². The van der Waals surface area contributed by atoms with Gasteiger partial charge < -0.3 is 9.47 Å². The molecule has 1 atom stereocenters. The van der Waals surface area contributed by atoms with Crippen LogP contribution in [0.4, 0.5) is 0 Å². The molecule has 0 radical (unpaired) electrons. The number of sulfonamides is 1. The molecule has 0 saturated carbocycles. The van der Waals surface area contributed by atoms with Gasteiger partial charge in [-0.3, -0.25) is 0 Å². The monoisotopic (exact) mass is 243 g/mol. The molecule has 1 aromatic rings. The summed E-state index contributed by atoms with van der Waals surface area (Å²) in [5.74, 6) is 0.534. The molecule has 0 bridgehead atoms. The van der Waals surface area contributed by atoms with Crippen molar-refractivity contribution in [2.75, 3.05) is 20.3 Å². The smallest absolute Gasteiger partial charge is 0.240 e. The van der Waals surface area contributed by atoms with E-state index < -0.39 is 10.0 Å². The van der Waals surface area contributed by atoms with Crippen molar-refractivity contribution in [3.8, 4) is 5.75 Å². The number of ether oxygens (including phenoxy) is 2. The molecular formula is C10H13NO4S. The van der Waals surface area contributed by atoms with Crippen molar-refractivity contribution in [3.63, 3.8) is 0 Å². The predicted octanol–water partition coefficient (Wildman–Crippen LogP) is 0.372. The van der Waals surface area contributed by atoms with Gasteiger partial charge in [0.2, 0.25) is 10.0 Å². The van der Waals surface area contributed by atoms with Crippen LogP contribution in [0, 0.1) is 0 Å². The van der Waals surface area contributed by atoms with Gasteiger partial charge in [-0.25, -0.2) is 13.1 Å². The first-order chi connectivity index (χ1) is 7.62. The predicted molar refractivity (Wildman–Crippen MR) is 57.9 cm³/mol. The largest absolute Gasteiger partial charge is 0.491 e. The molecule has 0 amide bonds. The van der Waals surface area contributed by atoms with Gasteiger partial charge in [0.1, 0.15) is 18.5 Å². The van der Waals surface area contributed by atoms with Crippen molar-refractivity contribution in [3.05, 3.63) is 24.3 Å². The maximum absolute atomic E-state index is 11.5. The first-order valence-electron chi connectivity index (χ1n) is 4.90. The highest BCUT2D eigenvalue weighted by Crippen LogP contribution is 2.19. The highest BCUT2D eigenvalue weighted by Gasteiger charge is 2.23. The lowest BCUT2D eigenvalue weighted by molar-refractivity contribution is 0.262. The summed E-state index contributed by atoms with van der Waals surface area (Å²) >= 11 is 0. The second-order valence-corrected chi connectivity index (χ2v) is 5.34. The Bertz CT molecular complexity index is 467. The van der Waals surface area contributed by atoms with E-state index in [1.807, 2.05) is 0 Å². The van der Waals surface area contributed by atoms with Crippen LogP contribution in [-0.2, 0) is 14.8 Å². The summed E-state index contributed by atoms with van der Waals surface area (Å²) in [4.78, 5) is 0.198. The maximum Gasteiger partial charge on any atom is 0.240 e. The third kappa shape index (κ3) is 2.72. The zero-order valence-corrected chi connectivity index (χ0v) is 9.66. The average Bonchev–Trinajstić information content (AvgIpc) is 3.11. The van der Waals surface area contributed by atoms with Crippen LogP contribution in [0.5, 0.6) is 5.75 Å². The molecule has 1 fully saturated rings. The minimum atomic E-state index is -3.40. The van der Waals surface area contributed by atoms with Crippen molar-refractivity contribution in [1.82, 2.24) is 4.72 Å². The molecule has 16 heavy (non-hydrogen) atoms. The molecule has 1 aliphatic heterocycles. The minimum Gasteiger partial charge on any atom is -0.491 e. The Morgan fingerprint density at radius 1 is 1.56 bits per heavy atom. The first kappa shape index (κ1) is 11.4. The van der Waals surface area contributed by atoms with Gasteiger partial charge in [-0.05, 0) is 19.2 Å². The normalized spacial score (nSPS) is 19.4. The van der Waals surface area contributed by atoms with E-state index in [0.29, 0.717) is 19.0 Å².